The maximum atomic E-state index is 13.5. The van der Waals surface area contributed by atoms with Crippen LogP contribution in [0.2, 0.25) is 0 Å². The molecular formula is C13H18FN3O. The number of nitrogens with one attached hydrogen (secondary N) is 1. The molecule has 1 aliphatic heterocycles. The molecule has 0 saturated carbocycles. The molecule has 1 saturated heterocycles. The maximum Gasteiger partial charge on any atom is 0.256 e. The number of nitrogen functional groups attached to an aromatic ring is 1. The molecule has 0 radical (unpaired) electrons. The van der Waals surface area contributed by atoms with Crippen LogP contribution in [0.1, 0.15) is 30.1 Å². The third-order valence-electron chi connectivity index (χ3n) is 3.46. The third kappa shape index (κ3) is 2.46. The van der Waals surface area contributed by atoms with Gasteiger partial charge in [0.2, 0.25) is 0 Å². The van der Waals surface area contributed by atoms with Crippen molar-refractivity contribution in [3.63, 3.8) is 0 Å². The Bertz CT molecular complexity index is 442. The number of piperidine rings is 1. The molecule has 0 aliphatic carbocycles. The van der Waals surface area contributed by atoms with Crippen LogP contribution < -0.4 is 11.3 Å². The molecule has 2 rings (SSSR count). The summed E-state index contributed by atoms with van der Waals surface area (Å²) in [5, 5.41) is 0. The van der Waals surface area contributed by atoms with E-state index in [0.717, 1.165) is 25.9 Å². The zero-order chi connectivity index (χ0) is 13.1. The summed E-state index contributed by atoms with van der Waals surface area (Å²) in [5.41, 5.74) is 2.64. The van der Waals surface area contributed by atoms with E-state index in [0.29, 0.717) is 11.5 Å². The number of nitrogens with two attached hydrogens (primary N) is 1. The lowest BCUT2D eigenvalue weighted by Gasteiger charge is -2.30. The van der Waals surface area contributed by atoms with E-state index in [1.54, 1.807) is 11.0 Å². The molecule has 1 aromatic carbocycles. The van der Waals surface area contributed by atoms with Crippen LogP contribution >= 0.6 is 0 Å². The van der Waals surface area contributed by atoms with Crippen LogP contribution in [0, 0.1) is 11.7 Å². The molecule has 98 valence electrons. The highest BCUT2D eigenvalue weighted by atomic mass is 19.1. The van der Waals surface area contributed by atoms with Gasteiger partial charge in [-0.15, -0.1) is 0 Å². The largest absolute Gasteiger partial charge is 0.339 e. The zero-order valence-corrected chi connectivity index (χ0v) is 10.4. The molecule has 0 aromatic heterocycles. The van der Waals surface area contributed by atoms with Gasteiger partial charge < -0.3 is 10.3 Å². The molecule has 1 amide bonds. The smallest absolute Gasteiger partial charge is 0.256 e. The molecule has 0 atom stereocenters. The monoisotopic (exact) mass is 251 g/mol. The number of carbonyl (C=O) groups is 1. The second-order valence-corrected chi connectivity index (χ2v) is 4.78. The molecule has 3 N–H and O–H groups in total. The van der Waals surface area contributed by atoms with E-state index in [4.69, 9.17) is 5.84 Å². The van der Waals surface area contributed by atoms with E-state index in [1.165, 1.54) is 12.1 Å². The van der Waals surface area contributed by atoms with E-state index in [2.05, 4.69) is 12.3 Å². The van der Waals surface area contributed by atoms with Crippen molar-refractivity contribution in [1.29, 1.82) is 0 Å². The number of rotatable bonds is 2. The summed E-state index contributed by atoms with van der Waals surface area (Å²) in [7, 11) is 0. The van der Waals surface area contributed by atoms with E-state index < -0.39 is 5.82 Å². The first-order valence-electron chi connectivity index (χ1n) is 6.18. The molecule has 0 spiro atoms. The lowest BCUT2D eigenvalue weighted by molar-refractivity contribution is 0.0698. The Balaban J connectivity index is 2.21. The summed E-state index contributed by atoms with van der Waals surface area (Å²) in [5.74, 6) is 5.26. The van der Waals surface area contributed by atoms with Crippen molar-refractivity contribution in [2.45, 2.75) is 19.8 Å². The van der Waals surface area contributed by atoms with Gasteiger partial charge in [0.1, 0.15) is 5.82 Å². The van der Waals surface area contributed by atoms with Gasteiger partial charge in [0.05, 0.1) is 11.3 Å². The Hall–Kier alpha value is -1.62. The molecule has 1 aromatic rings. The van der Waals surface area contributed by atoms with Gasteiger partial charge in [0, 0.05) is 13.1 Å². The van der Waals surface area contributed by atoms with Crippen molar-refractivity contribution in [2.24, 2.45) is 11.8 Å². The van der Waals surface area contributed by atoms with Gasteiger partial charge in [0.25, 0.3) is 5.91 Å². The SMILES string of the molecule is CC1CCN(C(=O)c2cccc(F)c2NN)CC1. The summed E-state index contributed by atoms with van der Waals surface area (Å²) >= 11 is 0. The van der Waals surface area contributed by atoms with Crippen LogP contribution in [-0.2, 0) is 0 Å². The number of hydrogen-bond acceptors (Lipinski definition) is 3. The number of nitrogens with zero attached hydrogens (tertiary/aromatic N) is 1. The predicted molar refractivity (Wildman–Crippen MR) is 68.5 cm³/mol. The van der Waals surface area contributed by atoms with Gasteiger partial charge in [-0.2, -0.15) is 0 Å². The fourth-order valence-electron chi connectivity index (χ4n) is 2.23. The highest BCUT2D eigenvalue weighted by molar-refractivity contribution is 5.99. The molecule has 1 fully saturated rings. The molecule has 0 unspecified atom stereocenters. The van der Waals surface area contributed by atoms with Gasteiger partial charge in [0.15, 0.2) is 0 Å². The maximum absolute atomic E-state index is 13.5. The Labute approximate surface area is 106 Å². The second kappa shape index (κ2) is 5.35. The Morgan fingerprint density at radius 2 is 2.11 bits per heavy atom. The number of anilines is 1. The predicted octanol–water partition coefficient (Wildman–Crippen LogP) is 1.98. The highest BCUT2D eigenvalue weighted by Gasteiger charge is 2.24. The number of carbonyl (C=O) groups excluding carboxylic acids is 1. The minimum Gasteiger partial charge on any atom is -0.339 e. The molecule has 1 aliphatic rings. The minimum atomic E-state index is -0.506. The van der Waals surface area contributed by atoms with Crippen LogP contribution in [0.15, 0.2) is 18.2 Å². The summed E-state index contributed by atoms with van der Waals surface area (Å²) in [6.45, 7) is 3.62. The normalized spacial score (nSPS) is 16.7. The number of hydrogen-bond donors (Lipinski definition) is 2. The van der Waals surface area contributed by atoms with E-state index >= 15 is 0 Å². The average molecular weight is 251 g/mol. The van der Waals surface area contributed by atoms with Crippen molar-refractivity contribution in [3.05, 3.63) is 29.6 Å². The minimum absolute atomic E-state index is 0.0705. The van der Waals surface area contributed by atoms with Crippen LogP contribution in [0.25, 0.3) is 0 Å². The van der Waals surface area contributed by atoms with Crippen molar-refractivity contribution in [1.82, 2.24) is 4.90 Å². The lowest BCUT2D eigenvalue weighted by Crippen LogP contribution is -2.38. The standard InChI is InChI=1S/C13H18FN3O/c1-9-5-7-17(8-6-9)13(18)10-3-2-4-11(14)12(10)16-15/h2-4,9,16H,5-8,15H2,1H3. The Morgan fingerprint density at radius 1 is 1.44 bits per heavy atom. The van der Waals surface area contributed by atoms with Crippen LogP contribution in [0.3, 0.4) is 0 Å². The van der Waals surface area contributed by atoms with Gasteiger partial charge >= 0.3 is 0 Å². The summed E-state index contributed by atoms with van der Waals surface area (Å²) in [6.07, 6.45) is 1.99. The van der Waals surface area contributed by atoms with Crippen molar-refractivity contribution < 1.29 is 9.18 Å². The fraction of sp³-hybridized carbons (Fsp3) is 0.462. The van der Waals surface area contributed by atoms with Gasteiger partial charge in [-0.25, -0.2) is 4.39 Å². The first kappa shape index (κ1) is 12.8. The first-order chi connectivity index (χ1) is 8.63. The molecular weight excluding hydrogens is 233 g/mol. The van der Waals surface area contributed by atoms with Gasteiger partial charge in [-0.05, 0) is 30.9 Å². The molecule has 18 heavy (non-hydrogen) atoms. The molecule has 5 heteroatoms. The van der Waals surface area contributed by atoms with Crippen molar-refractivity contribution in [2.75, 3.05) is 18.5 Å². The number of para-hydroxylation sites is 1. The van der Waals surface area contributed by atoms with Crippen LogP contribution in [0.5, 0.6) is 0 Å². The number of amides is 1. The van der Waals surface area contributed by atoms with Gasteiger partial charge in [-0.3, -0.25) is 10.6 Å². The second-order valence-electron chi connectivity index (χ2n) is 4.78. The van der Waals surface area contributed by atoms with Crippen molar-refractivity contribution in [3.8, 4) is 0 Å². The van der Waals surface area contributed by atoms with E-state index in [1.807, 2.05) is 0 Å². The Morgan fingerprint density at radius 3 is 2.72 bits per heavy atom. The number of benzene rings is 1. The molecule has 4 nitrogen and oxygen atoms in total. The van der Waals surface area contributed by atoms with Crippen molar-refractivity contribution >= 4 is 11.6 Å². The average Bonchev–Trinajstić information content (AvgIpc) is 2.38. The topological polar surface area (TPSA) is 58.4 Å². The van der Waals surface area contributed by atoms with Gasteiger partial charge in [-0.1, -0.05) is 13.0 Å². The first-order valence-corrected chi connectivity index (χ1v) is 6.18. The summed E-state index contributed by atoms with van der Waals surface area (Å²) in [4.78, 5) is 14.1. The zero-order valence-electron chi connectivity index (χ0n) is 10.4. The fourth-order valence-corrected chi connectivity index (χ4v) is 2.23. The quantitative estimate of drug-likeness (QED) is 0.624. The van der Waals surface area contributed by atoms with Crippen LogP contribution in [0.4, 0.5) is 10.1 Å². The lowest BCUT2D eigenvalue weighted by atomic mass is 9.98. The molecule has 0 bridgehead atoms. The molecule has 1 heterocycles. The highest BCUT2D eigenvalue weighted by Crippen LogP contribution is 2.23. The third-order valence-corrected chi connectivity index (χ3v) is 3.46. The van der Waals surface area contributed by atoms with Crippen LogP contribution in [-0.4, -0.2) is 23.9 Å². The number of likely N-dealkylation sites (tertiary alicyclic amines) is 1. The number of halogens is 1. The summed E-state index contributed by atoms with van der Waals surface area (Å²) in [6, 6.07) is 4.40. The Kier molecular flexibility index (Phi) is 3.81. The number of hydrazine groups is 1. The van der Waals surface area contributed by atoms with E-state index in [-0.39, 0.29) is 11.6 Å². The van der Waals surface area contributed by atoms with E-state index in [9.17, 15) is 9.18 Å². The summed E-state index contributed by atoms with van der Waals surface area (Å²) < 4.78 is 13.5.